The van der Waals surface area contributed by atoms with E-state index in [0.29, 0.717) is 31.4 Å². The molecule has 1 aromatic carbocycles. The Morgan fingerprint density at radius 1 is 1.21 bits per heavy atom. The van der Waals surface area contributed by atoms with Crippen molar-refractivity contribution in [3.05, 3.63) is 34.9 Å². The average Bonchev–Trinajstić information content (AvgIpc) is 2.55. The van der Waals surface area contributed by atoms with Gasteiger partial charge in [0.25, 0.3) is 0 Å². The fraction of sp³-hybridized carbons (Fsp3) is 0.353. The number of carboxylic acid groups (broad SMARTS) is 1. The summed E-state index contributed by atoms with van der Waals surface area (Å²) >= 11 is 3.38. The minimum absolute atomic E-state index is 0.0117. The van der Waals surface area contributed by atoms with E-state index in [0.717, 1.165) is 15.4 Å². The van der Waals surface area contributed by atoms with Crippen LogP contribution in [0.1, 0.15) is 25.7 Å². The van der Waals surface area contributed by atoms with Crippen molar-refractivity contribution in [1.82, 2.24) is 10.3 Å². The number of hydrogen-bond acceptors (Lipinski definition) is 3. The third-order valence-electron chi connectivity index (χ3n) is 4.34. The first kappa shape index (κ1) is 16.7. The molecule has 1 aromatic heterocycles. The van der Waals surface area contributed by atoms with E-state index in [-0.39, 0.29) is 18.0 Å². The van der Waals surface area contributed by atoms with Crippen molar-refractivity contribution >= 4 is 44.5 Å². The Hall–Kier alpha value is -2.15. The molecule has 0 radical (unpaired) electrons. The first-order chi connectivity index (χ1) is 11.5. The molecule has 24 heavy (non-hydrogen) atoms. The minimum Gasteiger partial charge on any atom is -0.481 e. The number of anilines is 1. The Kier molecular flexibility index (Phi) is 4.99. The van der Waals surface area contributed by atoms with Gasteiger partial charge in [0.15, 0.2) is 0 Å². The topological polar surface area (TPSA) is 91.3 Å². The third kappa shape index (κ3) is 3.84. The maximum atomic E-state index is 12.2. The summed E-state index contributed by atoms with van der Waals surface area (Å²) in [4.78, 5) is 27.5. The lowest BCUT2D eigenvalue weighted by atomic mass is 9.86. The molecule has 126 valence electrons. The monoisotopic (exact) mass is 391 g/mol. The lowest BCUT2D eigenvalue weighted by Crippen LogP contribution is -2.41. The second kappa shape index (κ2) is 7.17. The van der Waals surface area contributed by atoms with Crippen molar-refractivity contribution in [3.8, 4) is 0 Å². The van der Waals surface area contributed by atoms with Crippen LogP contribution >= 0.6 is 15.9 Å². The van der Waals surface area contributed by atoms with Gasteiger partial charge in [-0.3, -0.25) is 9.78 Å². The van der Waals surface area contributed by atoms with Gasteiger partial charge in [0, 0.05) is 22.1 Å². The molecular formula is C17H18BrN3O3. The number of nitrogens with zero attached hydrogens (tertiary/aromatic N) is 1. The number of benzene rings is 1. The number of pyridine rings is 1. The molecule has 0 spiro atoms. The quantitative estimate of drug-likeness (QED) is 0.742. The number of para-hydroxylation sites is 1. The SMILES string of the molecule is O=C(Nc1cccc2cc(Br)cnc12)NC1CCC(C(=O)O)CC1. The molecule has 1 saturated carbocycles. The maximum Gasteiger partial charge on any atom is 0.319 e. The minimum atomic E-state index is -0.745. The number of amides is 2. The second-order valence-corrected chi connectivity index (χ2v) is 6.93. The summed E-state index contributed by atoms with van der Waals surface area (Å²) in [5, 5.41) is 15.7. The van der Waals surface area contributed by atoms with Gasteiger partial charge in [-0.15, -0.1) is 0 Å². The Balaban J connectivity index is 1.63. The van der Waals surface area contributed by atoms with Gasteiger partial charge in [-0.1, -0.05) is 12.1 Å². The lowest BCUT2D eigenvalue weighted by Gasteiger charge is -2.26. The standard InChI is InChI=1S/C17H18BrN3O3/c18-12-8-11-2-1-3-14(15(11)19-9-12)21-17(24)20-13-6-4-10(5-7-13)16(22)23/h1-3,8-10,13H,4-7H2,(H,22,23)(H2,20,21,24). The predicted molar refractivity (Wildman–Crippen MR) is 95.0 cm³/mol. The molecule has 1 aliphatic carbocycles. The number of carbonyl (C=O) groups excluding carboxylic acids is 1. The number of halogens is 1. The molecule has 0 bridgehead atoms. The summed E-state index contributed by atoms with van der Waals surface area (Å²) in [5.41, 5.74) is 1.38. The van der Waals surface area contributed by atoms with E-state index in [4.69, 9.17) is 5.11 Å². The van der Waals surface area contributed by atoms with E-state index in [1.165, 1.54) is 0 Å². The molecule has 1 fully saturated rings. The molecule has 2 aromatic rings. The Morgan fingerprint density at radius 3 is 2.67 bits per heavy atom. The largest absolute Gasteiger partial charge is 0.481 e. The summed E-state index contributed by atoms with van der Waals surface area (Å²) in [6.07, 6.45) is 4.27. The smallest absolute Gasteiger partial charge is 0.319 e. The van der Waals surface area contributed by atoms with E-state index in [1.807, 2.05) is 24.3 Å². The molecule has 3 rings (SSSR count). The van der Waals surface area contributed by atoms with E-state index < -0.39 is 5.97 Å². The maximum absolute atomic E-state index is 12.2. The van der Waals surface area contributed by atoms with E-state index in [2.05, 4.69) is 31.5 Å². The third-order valence-corrected chi connectivity index (χ3v) is 4.77. The number of aliphatic carboxylic acids is 1. The van der Waals surface area contributed by atoms with Crippen molar-refractivity contribution in [2.45, 2.75) is 31.7 Å². The molecule has 0 atom stereocenters. The highest BCUT2D eigenvalue weighted by atomic mass is 79.9. The second-order valence-electron chi connectivity index (χ2n) is 6.02. The molecule has 0 unspecified atom stereocenters. The Labute approximate surface area is 147 Å². The van der Waals surface area contributed by atoms with Gasteiger partial charge in [0.1, 0.15) is 0 Å². The van der Waals surface area contributed by atoms with Crippen LogP contribution in [-0.4, -0.2) is 28.1 Å². The predicted octanol–water partition coefficient (Wildman–Crippen LogP) is 3.76. The van der Waals surface area contributed by atoms with Gasteiger partial charge in [0.05, 0.1) is 17.1 Å². The van der Waals surface area contributed by atoms with Crippen LogP contribution in [0.15, 0.2) is 34.9 Å². The van der Waals surface area contributed by atoms with Crippen molar-refractivity contribution in [3.63, 3.8) is 0 Å². The van der Waals surface area contributed by atoms with Crippen LogP contribution in [0.4, 0.5) is 10.5 Å². The van der Waals surface area contributed by atoms with Crippen LogP contribution in [0, 0.1) is 5.92 Å². The fourth-order valence-corrected chi connectivity index (χ4v) is 3.41. The average molecular weight is 392 g/mol. The number of nitrogens with one attached hydrogen (secondary N) is 2. The molecule has 7 heteroatoms. The van der Waals surface area contributed by atoms with Crippen LogP contribution in [-0.2, 0) is 4.79 Å². The zero-order chi connectivity index (χ0) is 17.1. The highest BCUT2D eigenvalue weighted by Gasteiger charge is 2.26. The van der Waals surface area contributed by atoms with E-state index in [1.54, 1.807) is 6.20 Å². The summed E-state index contributed by atoms with van der Waals surface area (Å²) in [6.45, 7) is 0. The summed E-state index contributed by atoms with van der Waals surface area (Å²) < 4.78 is 0.881. The summed E-state index contributed by atoms with van der Waals surface area (Å²) in [6, 6.07) is 7.28. The van der Waals surface area contributed by atoms with Gasteiger partial charge in [-0.2, -0.15) is 0 Å². The molecule has 0 aliphatic heterocycles. The van der Waals surface area contributed by atoms with Gasteiger partial charge >= 0.3 is 12.0 Å². The van der Waals surface area contributed by atoms with Crippen LogP contribution < -0.4 is 10.6 Å². The van der Waals surface area contributed by atoms with Crippen molar-refractivity contribution in [2.24, 2.45) is 5.92 Å². The van der Waals surface area contributed by atoms with E-state index in [9.17, 15) is 9.59 Å². The number of aromatic nitrogens is 1. The number of carbonyl (C=O) groups is 2. The highest BCUT2D eigenvalue weighted by molar-refractivity contribution is 9.10. The fourth-order valence-electron chi connectivity index (χ4n) is 3.06. The molecule has 1 aliphatic rings. The van der Waals surface area contributed by atoms with Gasteiger partial charge < -0.3 is 15.7 Å². The van der Waals surface area contributed by atoms with Gasteiger partial charge in [-0.05, 0) is 53.7 Å². The summed E-state index contributed by atoms with van der Waals surface area (Å²) in [5.74, 6) is -1.03. The van der Waals surface area contributed by atoms with Crippen LogP contribution in [0.3, 0.4) is 0 Å². The normalized spacial score (nSPS) is 20.5. The molecule has 2 amide bonds. The molecular weight excluding hydrogens is 374 g/mol. The Bertz CT molecular complexity index is 773. The molecule has 3 N–H and O–H groups in total. The van der Waals surface area contributed by atoms with Gasteiger partial charge in [0.2, 0.25) is 0 Å². The van der Waals surface area contributed by atoms with E-state index >= 15 is 0 Å². The number of hydrogen-bond donors (Lipinski definition) is 3. The number of urea groups is 1. The number of carboxylic acids is 1. The molecule has 0 saturated heterocycles. The van der Waals surface area contributed by atoms with Crippen LogP contribution in [0.2, 0.25) is 0 Å². The van der Waals surface area contributed by atoms with Crippen molar-refractivity contribution in [2.75, 3.05) is 5.32 Å². The zero-order valence-corrected chi connectivity index (χ0v) is 14.5. The number of fused-ring (bicyclic) bond motifs is 1. The first-order valence-corrected chi connectivity index (χ1v) is 8.67. The van der Waals surface area contributed by atoms with Gasteiger partial charge in [-0.25, -0.2) is 4.79 Å². The lowest BCUT2D eigenvalue weighted by molar-refractivity contribution is -0.142. The number of rotatable bonds is 3. The van der Waals surface area contributed by atoms with Crippen LogP contribution in [0.5, 0.6) is 0 Å². The first-order valence-electron chi connectivity index (χ1n) is 7.87. The van der Waals surface area contributed by atoms with Crippen molar-refractivity contribution < 1.29 is 14.7 Å². The van der Waals surface area contributed by atoms with Crippen LogP contribution in [0.25, 0.3) is 10.9 Å². The van der Waals surface area contributed by atoms with Crippen molar-refractivity contribution in [1.29, 1.82) is 0 Å². The zero-order valence-electron chi connectivity index (χ0n) is 13.0. The molecule has 1 heterocycles. The summed E-state index contributed by atoms with van der Waals surface area (Å²) in [7, 11) is 0. The molecule has 6 nitrogen and oxygen atoms in total. The Morgan fingerprint density at radius 2 is 1.96 bits per heavy atom. The highest BCUT2D eigenvalue weighted by Crippen LogP contribution is 2.26.